The van der Waals surface area contributed by atoms with E-state index in [1.165, 1.54) is 12.0 Å². The summed E-state index contributed by atoms with van der Waals surface area (Å²) in [6.45, 7) is 0. The van der Waals surface area contributed by atoms with Crippen molar-refractivity contribution in [2.75, 3.05) is 7.11 Å². The van der Waals surface area contributed by atoms with Gasteiger partial charge in [0.05, 0.1) is 6.10 Å². The van der Waals surface area contributed by atoms with Gasteiger partial charge in [-0.05, 0) is 24.8 Å². The molecule has 1 aromatic carbocycles. The van der Waals surface area contributed by atoms with Gasteiger partial charge in [0, 0.05) is 7.11 Å². The molecule has 0 N–H and O–H groups in total. The molecule has 1 heterocycles. The smallest absolute Gasteiger partial charge is 0.158 e. The number of rotatable bonds is 2. The van der Waals surface area contributed by atoms with Crippen LogP contribution in [0.15, 0.2) is 30.3 Å². The Labute approximate surface area is 84.8 Å². The van der Waals surface area contributed by atoms with Gasteiger partial charge in [-0.25, -0.2) is 0 Å². The highest BCUT2D eigenvalue weighted by atomic mass is 16.7. The van der Waals surface area contributed by atoms with Crippen molar-refractivity contribution in [3.8, 4) is 0 Å². The molecule has 1 saturated heterocycles. The lowest BCUT2D eigenvalue weighted by Gasteiger charge is -2.29. The van der Waals surface area contributed by atoms with E-state index in [0.29, 0.717) is 0 Å². The van der Waals surface area contributed by atoms with E-state index in [1.54, 1.807) is 7.11 Å². The standard InChI is InChI=1S/C12H16O2/c1-13-12-9-5-8-11(14-12)10-6-3-2-4-7-10/h2-4,6-7,11-12H,5,8-9H2,1H3/t11-,12-/m0/s1. The maximum Gasteiger partial charge on any atom is 0.158 e. The van der Waals surface area contributed by atoms with Crippen LogP contribution in [0.4, 0.5) is 0 Å². The van der Waals surface area contributed by atoms with Crippen LogP contribution in [0.25, 0.3) is 0 Å². The second-order valence-electron chi connectivity index (χ2n) is 3.63. The van der Waals surface area contributed by atoms with Crippen LogP contribution in [-0.2, 0) is 9.47 Å². The fourth-order valence-corrected chi connectivity index (χ4v) is 1.88. The first-order chi connectivity index (χ1) is 6.90. The monoisotopic (exact) mass is 192 g/mol. The predicted molar refractivity (Wildman–Crippen MR) is 54.9 cm³/mol. The van der Waals surface area contributed by atoms with Gasteiger partial charge in [-0.15, -0.1) is 0 Å². The van der Waals surface area contributed by atoms with E-state index in [0.717, 1.165) is 12.8 Å². The molecule has 0 spiro atoms. The molecule has 1 aliphatic rings. The van der Waals surface area contributed by atoms with Crippen LogP contribution >= 0.6 is 0 Å². The Morgan fingerprint density at radius 1 is 1.21 bits per heavy atom. The van der Waals surface area contributed by atoms with E-state index in [1.807, 2.05) is 6.07 Å². The molecule has 0 bridgehead atoms. The van der Waals surface area contributed by atoms with Crippen LogP contribution in [0.5, 0.6) is 0 Å². The lowest BCUT2D eigenvalue weighted by molar-refractivity contribution is -0.182. The van der Waals surface area contributed by atoms with Gasteiger partial charge in [0.1, 0.15) is 0 Å². The van der Waals surface area contributed by atoms with E-state index in [-0.39, 0.29) is 12.4 Å². The molecule has 2 heteroatoms. The second kappa shape index (κ2) is 4.58. The molecule has 1 aliphatic heterocycles. The van der Waals surface area contributed by atoms with Crippen LogP contribution < -0.4 is 0 Å². The molecule has 2 atom stereocenters. The van der Waals surface area contributed by atoms with E-state index < -0.39 is 0 Å². The lowest BCUT2D eigenvalue weighted by atomic mass is 10.0. The minimum absolute atomic E-state index is 0.0195. The van der Waals surface area contributed by atoms with Gasteiger partial charge in [0.2, 0.25) is 0 Å². The maximum atomic E-state index is 5.80. The fourth-order valence-electron chi connectivity index (χ4n) is 1.88. The predicted octanol–water partition coefficient (Wildman–Crippen LogP) is 2.90. The van der Waals surface area contributed by atoms with Crippen LogP contribution in [0.1, 0.15) is 30.9 Å². The topological polar surface area (TPSA) is 18.5 Å². The Morgan fingerprint density at radius 3 is 2.71 bits per heavy atom. The van der Waals surface area contributed by atoms with Crippen molar-refractivity contribution in [2.45, 2.75) is 31.7 Å². The minimum atomic E-state index is -0.0195. The molecule has 0 amide bonds. The zero-order valence-electron chi connectivity index (χ0n) is 8.48. The summed E-state index contributed by atoms with van der Waals surface area (Å²) in [5.41, 5.74) is 1.26. The molecule has 2 rings (SSSR count). The number of hydrogen-bond acceptors (Lipinski definition) is 2. The molecule has 76 valence electrons. The molecule has 1 aromatic rings. The summed E-state index contributed by atoms with van der Waals surface area (Å²) >= 11 is 0. The number of methoxy groups -OCH3 is 1. The summed E-state index contributed by atoms with van der Waals surface area (Å²) in [7, 11) is 1.71. The van der Waals surface area contributed by atoms with Crippen molar-refractivity contribution in [2.24, 2.45) is 0 Å². The second-order valence-corrected chi connectivity index (χ2v) is 3.63. The van der Waals surface area contributed by atoms with Gasteiger partial charge in [0.15, 0.2) is 6.29 Å². The number of hydrogen-bond donors (Lipinski definition) is 0. The van der Waals surface area contributed by atoms with Crippen LogP contribution in [-0.4, -0.2) is 13.4 Å². The Bertz CT molecular complexity index is 271. The molecule has 1 fully saturated rings. The zero-order valence-corrected chi connectivity index (χ0v) is 8.48. The Balaban J connectivity index is 2.04. The molecule has 14 heavy (non-hydrogen) atoms. The number of ether oxygens (including phenoxy) is 2. The van der Waals surface area contributed by atoms with Crippen LogP contribution in [0.3, 0.4) is 0 Å². The van der Waals surface area contributed by atoms with Gasteiger partial charge in [0.25, 0.3) is 0 Å². The van der Waals surface area contributed by atoms with Gasteiger partial charge in [-0.1, -0.05) is 30.3 Å². The SMILES string of the molecule is CO[C@@H]1CCC[C@@H](c2ccccc2)O1. The Hall–Kier alpha value is -0.860. The van der Waals surface area contributed by atoms with Gasteiger partial charge in [-0.2, -0.15) is 0 Å². The normalized spacial score (nSPS) is 27.5. The molecule has 0 saturated carbocycles. The zero-order chi connectivity index (χ0) is 9.80. The van der Waals surface area contributed by atoms with Crippen LogP contribution in [0.2, 0.25) is 0 Å². The molecular weight excluding hydrogens is 176 g/mol. The van der Waals surface area contributed by atoms with E-state index in [4.69, 9.17) is 9.47 Å². The average Bonchev–Trinajstić information content (AvgIpc) is 2.30. The van der Waals surface area contributed by atoms with Crippen molar-refractivity contribution >= 4 is 0 Å². The summed E-state index contributed by atoms with van der Waals surface area (Å²) in [5.74, 6) is 0. The van der Waals surface area contributed by atoms with E-state index in [9.17, 15) is 0 Å². The van der Waals surface area contributed by atoms with E-state index >= 15 is 0 Å². The minimum Gasteiger partial charge on any atom is -0.356 e. The summed E-state index contributed by atoms with van der Waals surface area (Å²) in [5, 5.41) is 0. The quantitative estimate of drug-likeness (QED) is 0.717. The summed E-state index contributed by atoms with van der Waals surface area (Å²) in [6.07, 6.45) is 3.49. The highest BCUT2D eigenvalue weighted by molar-refractivity contribution is 5.17. The first-order valence-electron chi connectivity index (χ1n) is 5.13. The van der Waals surface area contributed by atoms with Crippen molar-refractivity contribution in [3.05, 3.63) is 35.9 Å². The molecule has 0 unspecified atom stereocenters. The summed E-state index contributed by atoms with van der Waals surface area (Å²) < 4.78 is 11.0. The first kappa shape index (κ1) is 9.69. The first-order valence-corrected chi connectivity index (χ1v) is 5.13. The van der Waals surface area contributed by atoms with Gasteiger partial charge >= 0.3 is 0 Å². The average molecular weight is 192 g/mol. The fraction of sp³-hybridized carbons (Fsp3) is 0.500. The lowest BCUT2D eigenvalue weighted by Crippen LogP contribution is -2.23. The molecule has 0 aliphatic carbocycles. The summed E-state index contributed by atoms with van der Waals surface area (Å²) in [4.78, 5) is 0. The molecule has 0 radical (unpaired) electrons. The third kappa shape index (κ3) is 2.14. The van der Waals surface area contributed by atoms with Crippen molar-refractivity contribution in [1.82, 2.24) is 0 Å². The molecule has 2 nitrogen and oxygen atoms in total. The summed E-state index contributed by atoms with van der Waals surface area (Å²) in [6, 6.07) is 10.4. The Morgan fingerprint density at radius 2 is 2.00 bits per heavy atom. The molecular formula is C12H16O2. The maximum absolute atomic E-state index is 5.80. The highest BCUT2D eigenvalue weighted by Crippen LogP contribution is 2.30. The highest BCUT2D eigenvalue weighted by Gasteiger charge is 2.22. The van der Waals surface area contributed by atoms with Crippen molar-refractivity contribution in [1.29, 1.82) is 0 Å². The third-order valence-corrected chi connectivity index (χ3v) is 2.66. The van der Waals surface area contributed by atoms with Gasteiger partial charge in [-0.3, -0.25) is 0 Å². The van der Waals surface area contributed by atoms with E-state index in [2.05, 4.69) is 24.3 Å². The van der Waals surface area contributed by atoms with Crippen molar-refractivity contribution < 1.29 is 9.47 Å². The Kier molecular flexibility index (Phi) is 3.17. The van der Waals surface area contributed by atoms with Gasteiger partial charge < -0.3 is 9.47 Å². The third-order valence-electron chi connectivity index (χ3n) is 2.66. The van der Waals surface area contributed by atoms with Crippen molar-refractivity contribution in [3.63, 3.8) is 0 Å². The number of benzene rings is 1. The van der Waals surface area contributed by atoms with Crippen LogP contribution in [0, 0.1) is 0 Å². The largest absolute Gasteiger partial charge is 0.356 e. The molecule has 0 aromatic heterocycles.